The van der Waals surface area contributed by atoms with Crippen LogP contribution in [0.25, 0.3) is 0 Å². The Bertz CT molecular complexity index is 2240. The third-order valence-electron chi connectivity index (χ3n) is 16.0. The fourth-order valence-electron chi connectivity index (χ4n) is 10.1. The van der Waals surface area contributed by atoms with Crippen LogP contribution in [0.5, 0.6) is 0 Å². The Morgan fingerprint density at radius 2 is 0.541 bits per heavy atom. The summed E-state index contributed by atoms with van der Waals surface area (Å²) in [5.74, 6) is -2.23. The molecule has 17 nitrogen and oxygen atoms in total. The summed E-state index contributed by atoms with van der Waals surface area (Å²) in [7, 11) is -9.96. The maximum absolute atomic E-state index is 13.1. The summed E-state index contributed by atoms with van der Waals surface area (Å²) in [6, 6.07) is 0. The van der Waals surface area contributed by atoms with Gasteiger partial charge in [-0.3, -0.25) is 37.3 Å². The van der Waals surface area contributed by atoms with Crippen LogP contribution in [0, 0.1) is 0 Å². The number of aliphatic hydroxyl groups is 1. The summed E-state index contributed by atoms with van der Waals surface area (Å²) in [6.07, 6.45) is 74.0. The fraction of sp³-hybridized carbons (Fsp3) is 0.747. The fourth-order valence-corrected chi connectivity index (χ4v) is 11.7. The zero-order chi connectivity index (χ0) is 71.8. The van der Waals surface area contributed by atoms with Gasteiger partial charge < -0.3 is 33.8 Å². The number of esters is 4. The number of allylic oxidation sites excluding steroid dienone is 16. The quantitative estimate of drug-likeness (QED) is 0.0169. The number of hydrogen-bond donors (Lipinski definition) is 3. The lowest BCUT2D eigenvalue weighted by atomic mass is 10.0. The van der Waals surface area contributed by atoms with E-state index in [1.54, 1.807) is 0 Å². The highest BCUT2D eigenvalue weighted by Crippen LogP contribution is 2.45. The van der Waals surface area contributed by atoms with Crippen molar-refractivity contribution in [3.63, 3.8) is 0 Å². The minimum Gasteiger partial charge on any atom is -0.462 e. The number of phosphoric ester groups is 2. The van der Waals surface area contributed by atoms with E-state index in [4.69, 9.17) is 37.0 Å². The van der Waals surface area contributed by atoms with Crippen molar-refractivity contribution in [2.75, 3.05) is 39.6 Å². The van der Waals surface area contributed by atoms with Crippen molar-refractivity contribution in [2.24, 2.45) is 0 Å². The number of ether oxygens (including phenoxy) is 4. The molecule has 0 aromatic heterocycles. The van der Waals surface area contributed by atoms with Crippen LogP contribution in [-0.4, -0.2) is 96.7 Å². The van der Waals surface area contributed by atoms with Gasteiger partial charge in [0.25, 0.3) is 0 Å². The smallest absolute Gasteiger partial charge is 0.462 e. The Morgan fingerprint density at radius 3 is 0.898 bits per heavy atom. The van der Waals surface area contributed by atoms with E-state index in [9.17, 15) is 43.2 Å². The first-order valence-electron chi connectivity index (χ1n) is 38.5. The van der Waals surface area contributed by atoms with Gasteiger partial charge in [0.2, 0.25) is 0 Å². The van der Waals surface area contributed by atoms with E-state index in [0.717, 1.165) is 161 Å². The molecule has 0 aliphatic rings. The zero-order valence-electron chi connectivity index (χ0n) is 61.7. The van der Waals surface area contributed by atoms with Gasteiger partial charge in [-0.2, -0.15) is 0 Å². The molecule has 0 rings (SSSR count). The van der Waals surface area contributed by atoms with Crippen LogP contribution in [0.3, 0.4) is 0 Å². The van der Waals surface area contributed by atoms with Crippen molar-refractivity contribution in [3.05, 3.63) is 97.2 Å². The van der Waals surface area contributed by atoms with Crippen LogP contribution in [0.2, 0.25) is 0 Å². The average Bonchev–Trinajstić information content (AvgIpc) is 0.983. The maximum Gasteiger partial charge on any atom is 0.472 e. The van der Waals surface area contributed by atoms with Crippen molar-refractivity contribution in [1.29, 1.82) is 0 Å². The van der Waals surface area contributed by atoms with Gasteiger partial charge in [-0.15, -0.1) is 0 Å². The van der Waals surface area contributed by atoms with E-state index < -0.39 is 97.5 Å². The third kappa shape index (κ3) is 70.4. The molecule has 5 unspecified atom stereocenters. The van der Waals surface area contributed by atoms with Crippen LogP contribution in [0.4, 0.5) is 0 Å². The Morgan fingerprint density at radius 1 is 0.296 bits per heavy atom. The first-order chi connectivity index (χ1) is 47.7. The number of aliphatic hydroxyl groups excluding tert-OH is 1. The van der Waals surface area contributed by atoms with Gasteiger partial charge in [-0.05, 0) is 122 Å². The summed E-state index contributed by atoms with van der Waals surface area (Å²) in [4.78, 5) is 72.8. The summed E-state index contributed by atoms with van der Waals surface area (Å²) < 4.78 is 68.4. The zero-order valence-corrected chi connectivity index (χ0v) is 63.5. The van der Waals surface area contributed by atoms with Gasteiger partial charge in [0.1, 0.15) is 19.3 Å². The molecule has 0 aromatic carbocycles. The van der Waals surface area contributed by atoms with E-state index in [-0.39, 0.29) is 25.7 Å². The van der Waals surface area contributed by atoms with Crippen molar-refractivity contribution < 1.29 is 80.2 Å². The molecule has 0 radical (unpaired) electrons. The summed E-state index contributed by atoms with van der Waals surface area (Å²) in [5.41, 5.74) is 0. The molecule has 98 heavy (non-hydrogen) atoms. The van der Waals surface area contributed by atoms with Crippen LogP contribution in [0.15, 0.2) is 97.2 Å². The van der Waals surface area contributed by atoms with Crippen molar-refractivity contribution in [3.8, 4) is 0 Å². The highest BCUT2D eigenvalue weighted by Gasteiger charge is 2.30. The number of carbonyl (C=O) groups excluding carboxylic acids is 4. The molecule has 0 bridgehead atoms. The molecule has 0 fully saturated rings. The highest BCUT2D eigenvalue weighted by molar-refractivity contribution is 7.47. The molecule has 5 atom stereocenters. The standard InChI is InChI=1S/C79H138O17P2/c1-5-9-13-17-21-25-29-32-34-35-36-37-39-42-45-48-52-56-60-64-77(82)89-69-74(95-78(83)65-61-57-53-49-43-28-24-20-16-12-8-4)71-93-97(85,86)91-67-73(80)68-92-98(87,88)94-72-75(96-79(84)66-62-58-54-50-46-40-31-27-23-19-15-11-7-3)70-90-76(81)63-59-55-51-47-44-41-38-33-30-26-22-18-14-10-6-2/h10,14,20-22,24-26,32-34,36-38,44,47,73-75,80H,5-9,11-13,15-19,23,27-31,35,39-43,45-46,48-72H2,1-4H3,(H,85,86)(H,87,88)/b14-10-,24-20-,25-21-,26-22-,34-32-,37-36-,38-33-,47-44-. The first kappa shape index (κ1) is 94.0. The molecule has 566 valence electrons. The van der Waals surface area contributed by atoms with Gasteiger partial charge in [0, 0.05) is 25.7 Å². The van der Waals surface area contributed by atoms with Crippen LogP contribution < -0.4 is 0 Å². The van der Waals surface area contributed by atoms with Gasteiger partial charge in [0.05, 0.1) is 26.4 Å². The summed E-state index contributed by atoms with van der Waals surface area (Å²) in [6.45, 7) is 4.64. The van der Waals surface area contributed by atoms with Gasteiger partial charge in [0.15, 0.2) is 12.2 Å². The monoisotopic (exact) mass is 1420 g/mol. The number of hydrogen-bond acceptors (Lipinski definition) is 15. The van der Waals surface area contributed by atoms with Gasteiger partial charge in [-0.25, -0.2) is 9.13 Å². The van der Waals surface area contributed by atoms with Crippen molar-refractivity contribution in [1.82, 2.24) is 0 Å². The van der Waals surface area contributed by atoms with Crippen LogP contribution in [-0.2, 0) is 65.4 Å². The maximum atomic E-state index is 13.1. The Labute approximate surface area is 595 Å². The summed E-state index contributed by atoms with van der Waals surface area (Å²) >= 11 is 0. The van der Waals surface area contributed by atoms with Crippen LogP contribution in [0.1, 0.15) is 323 Å². The number of rotatable bonds is 72. The molecule has 0 aliphatic heterocycles. The molecule has 0 saturated heterocycles. The van der Waals surface area contributed by atoms with E-state index >= 15 is 0 Å². The largest absolute Gasteiger partial charge is 0.472 e. The molecule has 3 N–H and O–H groups in total. The topological polar surface area (TPSA) is 237 Å². The number of unbranched alkanes of at least 4 members (excludes halogenated alkanes) is 30. The van der Waals surface area contributed by atoms with Gasteiger partial charge in [-0.1, -0.05) is 273 Å². The number of phosphoric acid groups is 2. The molecule has 0 heterocycles. The lowest BCUT2D eigenvalue weighted by Gasteiger charge is -2.21. The second-order valence-corrected chi connectivity index (χ2v) is 28.5. The SMILES string of the molecule is CC/C=C\C/C=C\C/C=C\C/C=C\CCCCC(=O)OCC(COP(=O)(O)OCC(O)COP(=O)(O)OCC(COC(=O)CCCCCCCC/C=C\C/C=C\C/C=C\CCCCC)OC(=O)CCCCCCC/C=C\CCCC)OC(=O)CCCCCCCCCCCCCCC. The molecule has 0 saturated carbocycles. The molecule has 19 heteroatoms. The van der Waals surface area contributed by atoms with Crippen molar-refractivity contribution >= 4 is 39.5 Å². The van der Waals surface area contributed by atoms with E-state index in [1.807, 2.05) is 0 Å². The Balaban J connectivity index is 5.33. The number of carbonyl (C=O) groups is 4. The summed E-state index contributed by atoms with van der Waals surface area (Å²) in [5, 5.41) is 10.6. The molecule has 0 aliphatic carbocycles. The molecule has 0 aromatic rings. The van der Waals surface area contributed by atoms with E-state index in [1.165, 1.54) is 83.5 Å². The Hall–Kier alpha value is -4.02. The molecule has 0 spiro atoms. The molecule has 0 amide bonds. The second-order valence-electron chi connectivity index (χ2n) is 25.6. The second kappa shape index (κ2) is 71.4. The minimum atomic E-state index is -4.98. The Kier molecular flexibility index (Phi) is 68.4. The normalized spacial score (nSPS) is 14.5. The highest BCUT2D eigenvalue weighted by atomic mass is 31.2. The lowest BCUT2D eigenvalue weighted by molar-refractivity contribution is -0.161. The first-order valence-corrected chi connectivity index (χ1v) is 41.5. The van der Waals surface area contributed by atoms with Crippen molar-refractivity contribution in [2.45, 2.75) is 341 Å². The van der Waals surface area contributed by atoms with E-state index in [2.05, 4.69) is 125 Å². The minimum absolute atomic E-state index is 0.0810. The third-order valence-corrected chi connectivity index (χ3v) is 17.9. The molecular weight excluding hydrogens is 1280 g/mol. The predicted octanol–water partition coefficient (Wildman–Crippen LogP) is 22.0. The van der Waals surface area contributed by atoms with Gasteiger partial charge >= 0.3 is 39.5 Å². The predicted molar refractivity (Wildman–Crippen MR) is 399 cm³/mol. The van der Waals surface area contributed by atoms with E-state index in [0.29, 0.717) is 25.7 Å². The average molecular weight is 1420 g/mol. The lowest BCUT2D eigenvalue weighted by Crippen LogP contribution is -2.30. The van der Waals surface area contributed by atoms with Crippen LogP contribution >= 0.6 is 15.6 Å². The molecular formula is C79H138O17P2.